The molecule has 0 atom stereocenters. The van der Waals surface area contributed by atoms with E-state index in [1.807, 2.05) is 24.3 Å². The Bertz CT molecular complexity index is 597. The Morgan fingerprint density at radius 2 is 2.06 bits per heavy atom. The number of aromatic amines is 1. The highest BCUT2D eigenvalue weighted by atomic mass is 15.1. The Labute approximate surface area is 91.6 Å². The van der Waals surface area contributed by atoms with Crippen molar-refractivity contribution >= 4 is 22.4 Å². The molecule has 0 bridgehead atoms. The monoisotopic (exact) mass is 211 g/mol. The second kappa shape index (κ2) is 3.62. The zero-order valence-electron chi connectivity index (χ0n) is 8.38. The van der Waals surface area contributed by atoms with Gasteiger partial charge in [-0.25, -0.2) is 9.97 Å². The number of fused-ring (bicyclic) bond motifs is 1. The van der Waals surface area contributed by atoms with E-state index in [4.69, 9.17) is 0 Å². The SMILES string of the molecule is c1ccc2c(Nc3cn[nH]c3)ncnc2c1. The fraction of sp³-hybridized carbons (Fsp3) is 0. The quantitative estimate of drug-likeness (QED) is 0.681. The summed E-state index contributed by atoms with van der Waals surface area (Å²) >= 11 is 0. The molecule has 5 heteroatoms. The van der Waals surface area contributed by atoms with Crippen molar-refractivity contribution in [3.63, 3.8) is 0 Å². The van der Waals surface area contributed by atoms with Gasteiger partial charge in [0, 0.05) is 11.6 Å². The minimum absolute atomic E-state index is 0.784. The van der Waals surface area contributed by atoms with Gasteiger partial charge in [-0.05, 0) is 12.1 Å². The highest BCUT2D eigenvalue weighted by Crippen LogP contribution is 2.21. The van der Waals surface area contributed by atoms with Gasteiger partial charge in [0.25, 0.3) is 0 Å². The van der Waals surface area contributed by atoms with Crippen LogP contribution in [0.3, 0.4) is 0 Å². The third-order valence-electron chi connectivity index (χ3n) is 2.30. The van der Waals surface area contributed by atoms with Crippen LogP contribution in [0.4, 0.5) is 11.5 Å². The standard InChI is InChI=1S/C11H9N5/c1-2-4-10-9(3-1)11(13-7-12-10)16-8-5-14-15-6-8/h1-7H,(H,14,15)(H,12,13,16). The van der Waals surface area contributed by atoms with E-state index in [1.165, 1.54) is 0 Å². The van der Waals surface area contributed by atoms with Crippen molar-refractivity contribution in [3.05, 3.63) is 43.0 Å². The Hall–Kier alpha value is -2.43. The van der Waals surface area contributed by atoms with E-state index < -0.39 is 0 Å². The number of aromatic nitrogens is 4. The second-order valence-electron chi connectivity index (χ2n) is 3.35. The molecular weight excluding hydrogens is 202 g/mol. The summed E-state index contributed by atoms with van der Waals surface area (Å²) in [4.78, 5) is 8.41. The Kier molecular flexibility index (Phi) is 2.00. The predicted molar refractivity (Wildman–Crippen MR) is 61.4 cm³/mol. The molecule has 0 spiro atoms. The van der Waals surface area contributed by atoms with E-state index in [9.17, 15) is 0 Å². The molecule has 3 rings (SSSR count). The number of nitrogens with zero attached hydrogens (tertiary/aromatic N) is 3. The molecule has 0 saturated carbocycles. The van der Waals surface area contributed by atoms with E-state index in [1.54, 1.807) is 18.7 Å². The minimum atomic E-state index is 0.784. The van der Waals surface area contributed by atoms with Crippen LogP contribution >= 0.6 is 0 Å². The van der Waals surface area contributed by atoms with Gasteiger partial charge in [0.2, 0.25) is 0 Å². The van der Waals surface area contributed by atoms with E-state index in [0.29, 0.717) is 0 Å². The molecule has 16 heavy (non-hydrogen) atoms. The van der Waals surface area contributed by atoms with Crippen LogP contribution in [0, 0.1) is 0 Å². The van der Waals surface area contributed by atoms with Gasteiger partial charge in [-0.3, -0.25) is 5.10 Å². The lowest BCUT2D eigenvalue weighted by Gasteiger charge is -2.05. The lowest BCUT2D eigenvalue weighted by molar-refractivity contribution is 1.09. The molecule has 0 saturated heterocycles. The molecule has 3 aromatic rings. The number of rotatable bonds is 2. The lowest BCUT2D eigenvalue weighted by atomic mass is 10.2. The van der Waals surface area contributed by atoms with Crippen molar-refractivity contribution in [1.29, 1.82) is 0 Å². The summed E-state index contributed by atoms with van der Waals surface area (Å²) in [6, 6.07) is 7.86. The van der Waals surface area contributed by atoms with Crippen LogP contribution < -0.4 is 5.32 Å². The summed E-state index contributed by atoms with van der Waals surface area (Å²) in [6.07, 6.45) is 5.03. The summed E-state index contributed by atoms with van der Waals surface area (Å²) in [5, 5.41) is 10.8. The third kappa shape index (κ3) is 1.48. The summed E-state index contributed by atoms with van der Waals surface area (Å²) in [5.74, 6) is 0.784. The van der Waals surface area contributed by atoms with Crippen molar-refractivity contribution < 1.29 is 0 Å². The fourth-order valence-corrected chi connectivity index (χ4v) is 1.56. The first-order valence-electron chi connectivity index (χ1n) is 4.89. The summed E-state index contributed by atoms with van der Waals surface area (Å²) < 4.78 is 0. The molecular formula is C11H9N5. The van der Waals surface area contributed by atoms with Crippen molar-refractivity contribution in [2.45, 2.75) is 0 Å². The van der Waals surface area contributed by atoms with Gasteiger partial charge in [0.05, 0.1) is 17.4 Å². The van der Waals surface area contributed by atoms with Gasteiger partial charge >= 0.3 is 0 Å². The summed E-state index contributed by atoms with van der Waals surface area (Å²) in [5.41, 5.74) is 1.80. The zero-order chi connectivity index (χ0) is 10.8. The Morgan fingerprint density at radius 3 is 2.94 bits per heavy atom. The van der Waals surface area contributed by atoms with Crippen molar-refractivity contribution in [2.75, 3.05) is 5.32 Å². The van der Waals surface area contributed by atoms with Crippen molar-refractivity contribution in [1.82, 2.24) is 20.2 Å². The fourth-order valence-electron chi connectivity index (χ4n) is 1.56. The smallest absolute Gasteiger partial charge is 0.141 e. The molecule has 0 amide bonds. The van der Waals surface area contributed by atoms with Crippen LogP contribution in [0.25, 0.3) is 10.9 Å². The number of anilines is 2. The molecule has 0 radical (unpaired) electrons. The van der Waals surface area contributed by atoms with Crippen LogP contribution in [-0.4, -0.2) is 20.2 Å². The maximum atomic E-state index is 4.22. The zero-order valence-corrected chi connectivity index (χ0v) is 8.38. The topological polar surface area (TPSA) is 66.5 Å². The first kappa shape index (κ1) is 8.84. The second-order valence-corrected chi connectivity index (χ2v) is 3.35. The van der Waals surface area contributed by atoms with Crippen molar-refractivity contribution in [3.8, 4) is 0 Å². The molecule has 5 nitrogen and oxygen atoms in total. The number of H-pyrrole nitrogens is 1. The predicted octanol–water partition coefficient (Wildman–Crippen LogP) is 2.10. The van der Waals surface area contributed by atoms with E-state index in [0.717, 1.165) is 22.4 Å². The van der Waals surface area contributed by atoms with Crippen LogP contribution in [0.1, 0.15) is 0 Å². The Morgan fingerprint density at radius 1 is 1.12 bits per heavy atom. The average Bonchev–Trinajstić information content (AvgIpc) is 2.82. The minimum Gasteiger partial charge on any atom is -0.337 e. The molecule has 78 valence electrons. The average molecular weight is 211 g/mol. The number of nitrogens with one attached hydrogen (secondary N) is 2. The first-order chi connectivity index (χ1) is 7.93. The van der Waals surface area contributed by atoms with Crippen LogP contribution in [0.2, 0.25) is 0 Å². The number of benzene rings is 1. The molecule has 2 aromatic heterocycles. The molecule has 0 fully saturated rings. The van der Waals surface area contributed by atoms with E-state index in [2.05, 4.69) is 25.5 Å². The first-order valence-corrected chi connectivity index (χ1v) is 4.89. The van der Waals surface area contributed by atoms with Crippen LogP contribution in [0.5, 0.6) is 0 Å². The number of hydrogen-bond donors (Lipinski definition) is 2. The molecule has 0 aliphatic heterocycles. The largest absolute Gasteiger partial charge is 0.337 e. The number of para-hydroxylation sites is 1. The van der Waals surface area contributed by atoms with Gasteiger partial charge in [-0.2, -0.15) is 5.10 Å². The lowest BCUT2D eigenvalue weighted by Crippen LogP contribution is -1.94. The van der Waals surface area contributed by atoms with Gasteiger partial charge in [0.15, 0.2) is 0 Å². The molecule has 1 aromatic carbocycles. The molecule has 0 aliphatic carbocycles. The molecule has 0 aliphatic rings. The number of hydrogen-bond acceptors (Lipinski definition) is 4. The normalized spacial score (nSPS) is 10.5. The molecule has 0 unspecified atom stereocenters. The maximum absolute atomic E-state index is 4.22. The van der Waals surface area contributed by atoms with Gasteiger partial charge in [-0.1, -0.05) is 12.1 Å². The van der Waals surface area contributed by atoms with Crippen LogP contribution in [-0.2, 0) is 0 Å². The van der Waals surface area contributed by atoms with Gasteiger partial charge in [-0.15, -0.1) is 0 Å². The molecule has 2 N–H and O–H groups in total. The highest BCUT2D eigenvalue weighted by molar-refractivity contribution is 5.90. The third-order valence-corrected chi connectivity index (χ3v) is 2.30. The maximum Gasteiger partial charge on any atom is 0.141 e. The Balaban J connectivity index is 2.10. The molecule has 2 heterocycles. The van der Waals surface area contributed by atoms with Gasteiger partial charge in [0.1, 0.15) is 12.1 Å². The van der Waals surface area contributed by atoms with E-state index in [-0.39, 0.29) is 0 Å². The van der Waals surface area contributed by atoms with E-state index >= 15 is 0 Å². The highest BCUT2D eigenvalue weighted by Gasteiger charge is 2.02. The van der Waals surface area contributed by atoms with Crippen LogP contribution in [0.15, 0.2) is 43.0 Å². The van der Waals surface area contributed by atoms with Gasteiger partial charge < -0.3 is 5.32 Å². The van der Waals surface area contributed by atoms with Crippen molar-refractivity contribution in [2.24, 2.45) is 0 Å². The summed E-state index contributed by atoms with van der Waals surface area (Å²) in [6.45, 7) is 0. The summed E-state index contributed by atoms with van der Waals surface area (Å²) in [7, 11) is 0.